The van der Waals surface area contributed by atoms with Crippen LogP contribution < -0.4 is 0 Å². The summed E-state index contributed by atoms with van der Waals surface area (Å²) in [7, 11) is 4.11. The summed E-state index contributed by atoms with van der Waals surface area (Å²) in [6.45, 7) is 1.02. The van der Waals surface area contributed by atoms with E-state index < -0.39 is 12.1 Å². The van der Waals surface area contributed by atoms with Crippen LogP contribution >= 0.6 is 0 Å². The lowest BCUT2D eigenvalue weighted by atomic mass is 10.00. The van der Waals surface area contributed by atoms with E-state index in [0.29, 0.717) is 5.56 Å². The zero-order chi connectivity index (χ0) is 16.1. The topological polar surface area (TPSA) is 60.8 Å². The Hall–Kier alpha value is -2.17. The number of hydrogen-bond donors (Lipinski definition) is 2. The number of carboxylic acid groups (broad SMARTS) is 1. The van der Waals surface area contributed by atoms with E-state index in [2.05, 4.69) is 43.3 Å². The molecule has 1 atom stereocenters. The Labute approximate surface area is 130 Å². The first-order chi connectivity index (χ1) is 10.5. The average Bonchev–Trinajstić information content (AvgIpc) is 2.53. The zero-order valence-corrected chi connectivity index (χ0v) is 12.9. The fourth-order valence-electron chi connectivity index (χ4n) is 2.22. The number of carbonyl (C=O) groups is 1. The molecule has 2 aromatic rings. The van der Waals surface area contributed by atoms with Gasteiger partial charge in [-0.05, 0) is 42.8 Å². The Kier molecular flexibility index (Phi) is 5.31. The van der Waals surface area contributed by atoms with Crippen LogP contribution in [0.15, 0.2) is 48.5 Å². The van der Waals surface area contributed by atoms with Gasteiger partial charge in [-0.1, -0.05) is 48.5 Å². The molecule has 0 aliphatic carbocycles. The molecule has 0 fully saturated rings. The third-order valence-electron chi connectivity index (χ3n) is 3.60. The maximum absolute atomic E-state index is 10.7. The molecule has 0 bridgehead atoms. The van der Waals surface area contributed by atoms with Gasteiger partial charge >= 0.3 is 5.97 Å². The quantitative estimate of drug-likeness (QED) is 0.860. The molecule has 4 nitrogen and oxygen atoms in total. The SMILES string of the molecule is CN(C)CCc1ccc(-c2ccc(C(O)C(=O)O)cc2)cc1. The minimum absolute atomic E-state index is 0.388. The van der Waals surface area contributed by atoms with Crippen LogP contribution in [0.4, 0.5) is 0 Å². The fourth-order valence-corrected chi connectivity index (χ4v) is 2.22. The third-order valence-corrected chi connectivity index (χ3v) is 3.60. The van der Waals surface area contributed by atoms with E-state index in [1.165, 1.54) is 5.56 Å². The van der Waals surface area contributed by atoms with Crippen molar-refractivity contribution in [2.24, 2.45) is 0 Å². The number of likely N-dealkylation sites (N-methyl/N-ethyl adjacent to an activating group) is 1. The molecule has 0 aromatic heterocycles. The highest BCUT2D eigenvalue weighted by Gasteiger charge is 2.15. The van der Waals surface area contributed by atoms with Gasteiger partial charge in [0.25, 0.3) is 0 Å². The molecule has 116 valence electrons. The third kappa shape index (κ3) is 4.16. The minimum atomic E-state index is -1.47. The highest BCUT2D eigenvalue weighted by Crippen LogP contribution is 2.22. The molecular formula is C18H21NO3. The molecule has 0 spiro atoms. The van der Waals surface area contributed by atoms with Crippen molar-refractivity contribution in [1.82, 2.24) is 4.90 Å². The first kappa shape index (κ1) is 16.2. The predicted molar refractivity (Wildman–Crippen MR) is 86.7 cm³/mol. The van der Waals surface area contributed by atoms with Crippen molar-refractivity contribution in [3.63, 3.8) is 0 Å². The second kappa shape index (κ2) is 7.20. The molecule has 0 saturated heterocycles. The Balaban J connectivity index is 2.10. The van der Waals surface area contributed by atoms with Gasteiger partial charge in [-0.25, -0.2) is 4.79 Å². The lowest BCUT2D eigenvalue weighted by Gasteiger charge is -2.10. The van der Waals surface area contributed by atoms with Gasteiger partial charge in [-0.2, -0.15) is 0 Å². The van der Waals surface area contributed by atoms with E-state index in [0.717, 1.165) is 24.1 Å². The second-order valence-corrected chi connectivity index (χ2v) is 5.61. The standard InChI is InChI=1S/C18H21NO3/c1-19(2)12-11-13-3-5-14(6-4-13)15-7-9-16(10-8-15)17(20)18(21)22/h3-10,17,20H,11-12H2,1-2H3,(H,21,22). The number of aliphatic hydroxyl groups is 1. The van der Waals surface area contributed by atoms with Gasteiger partial charge in [0.2, 0.25) is 0 Å². The zero-order valence-electron chi connectivity index (χ0n) is 12.9. The molecule has 1 unspecified atom stereocenters. The number of benzene rings is 2. The summed E-state index contributed by atoms with van der Waals surface area (Å²) >= 11 is 0. The van der Waals surface area contributed by atoms with Crippen molar-refractivity contribution in [2.45, 2.75) is 12.5 Å². The summed E-state index contributed by atoms with van der Waals surface area (Å²) in [4.78, 5) is 12.9. The number of nitrogens with zero attached hydrogens (tertiary/aromatic N) is 1. The largest absolute Gasteiger partial charge is 0.479 e. The fraction of sp³-hybridized carbons (Fsp3) is 0.278. The normalized spacial score (nSPS) is 12.4. The highest BCUT2D eigenvalue weighted by molar-refractivity contribution is 5.74. The predicted octanol–water partition coefficient (Wildman–Crippen LogP) is 2.58. The van der Waals surface area contributed by atoms with E-state index in [1.54, 1.807) is 12.1 Å². The summed E-state index contributed by atoms with van der Waals surface area (Å²) in [6, 6.07) is 15.3. The van der Waals surface area contributed by atoms with Crippen molar-refractivity contribution < 1.29 is 15.0 Å². The van der Waals surface area contributed by atoms with Crippen LogP contribution in [-0.4, -0.2) is 41.7 Å². The molecule has 0 heterocycles. The lowest BCUT2D eigenvalue weighted by molar-refractivity contribution is -0.146. The summed E-state index contributed by atoms with van der Waals surface area (Å²) in [5, 5.41) is 18.3. The Morgan fingerprint density at radius 3 is 1.95 bits per heavy atom. The van der Waals surface area contributed by atoms with Gasteiger partial charge in [-0.3, -0.25) is 0 Å². The van der Waals surface area contributed by atoms with Gasteiger partial charge in [0, 0.05) is 6.54 Å². The molecule has 0 amide bonds. The maximum Gasteiger partial charge on any atom is 0.337 e. The van der Waals surface area contributed by atoms with Crippen LogP contribution in [-0.2, 0) is 11.2 Å². The van der Waals surface area contributed by atoms with Gasteiger partial charge in [0.15, 0.2) is 6.10 Å². The van der Waals surface area contributed by atoms with Crippen LogP contribution in [0, 0.1) is 0 Å². The smallest absolute Gasteiger partial charge is 0.337 e. The van der Waals surface area contributed by atoms with Crippen molar-refractivity contribution in [3.05, 3.63) is 59.7 Å². The number of carboxylic acids is 1. The molecular weight excluding hydrogens is 278 g/mol. The minimum Gasteiger partial charge on any atom is -0.479 e. The summed E-state index contributed by atoms with van der Waals surface area (Å²) < 4.78 is 0. The summed E-state index contributed by atoms with van der Waals surface area (Å²) in [5.41, 5.74) is 3.75. The van der Waals surface area contributed by atoms with Crippen LogP contribution in [0.3, 0.4) is 0 Å². The molecule has 0 saturated carbocycles. The molecule has 2 N–H and O–H groups in total. The van der Waals surface area contributed by atoms with Crippen LogP contribution in [0.5, 0.6) is 0 Å². The molecule has 0 aliphatic rings. The Morgan fingerprint density at radius 1 is 1.00 bits per heavy atom. The van der Waals surface area contributed by atoms with E-state index >= 15 is 0 Å². The van der Waals surface area contributed by atoms with E-state index in [1.807, 2.05) is 12.1 Å². The van der Waals surface area contributed by atoms with Crippen molar-refractivity contribution in [3.8, 4) is 11.1 Å². The van der Waals surface area contributed by atoms with Crippen LogP contribution in [0.25, 0.3) is 11.1 Å². The average molecular weight is 299 g/mol. The first-order valence-electron chi connectivity index (χ1n) is 7.22. The van der Waals surface area contributed by atoms with Crippen molar-refractivity contribution >= 4 is 5.97 Å². The van der Waals surface area contributed by atoms with Gasteiger partial charge in [-0.15, -0.1) is 0 Å². The van der Waals surface area contributed by atoms with Gasteiger partial charge in [0.1, 0.15) is 0 Å². The lowest BCUT2D eigenvalue weighted by Crippen LogP contribution is -2.14. The molecule has 2 rings (SSSR count). The van der Waals surface area contributed by atoms with Gasteiger partial charge in [0.05, 0.1) is 0 Å². The van der Waals surface area contributed by atoms with Crippen molar-refractivity contribution in [2.75, 3.05) is 20.6 Å². The van der Waals surface area contributed by atoms with E-state index in [-0.39, 0.29) is 0 Å². The van der Waals surface area contributed by atoms with E-state index in [4.69, 9.17) is 5.11 Å². The van der Waals surface area contributed by atoms with Crippen molar-refractivity contribution in [1.29, 1.82) is 0 Å². The summed E-state index contributed by atoms with van der Waals surface area (Å²) in [6.07, 6.45) is -0.459. The second-order valence-electron chi connectivity index (χ2n) is 5.61. The number of rotatable bonds is 6. The molecule has 0 radical (unpaired) electrons. The molecule has 2 aromatic carbocycles. The monoisotopic (exact) mass is 299 g/mol. The molecule has 22 heavy (non-hydrogen) atoms. The maximum atomic E-state index is 10.7. The number of aliphatic hydroxyl groups excluding tert-OH is 1. The summed E-state index contributed by atoms with van der Waals surface area (Å²) in [5.74, 6) is -1.24. The Bertz CT molecular complexity index is 618. The molecule has 4 heteroatoms. The number of aliphatic carboxylic acids is 1. The van der Waals surface area contributed by atoms with Crippen LogP contribution in [0.2, 0.25) is 0 Å². The highest BCUT2D eigenvalue weighted by atomic mass is 16.4. The van der Waals surface area contributed by atoms with Crippen LogP contribution in [0.1, 0.15) is 17.2 Å². The Morgan fingerprint density at radius 2 is 1.50 bits per heavy atom. The van der Waals surface area contributed by atoms with Gasteiger partial charge < -0.3 is 15.1 Å². The van der Waals surface area contributed by atoms with E-state index in [9.17, 15) is 9.90 Å². The number of hydrogen-bond acceptors (Lipinski definition) is 3. The molecule has 0 aliphatic heterocycles. The first-order valence-corrected chi connectivity index (χ1v) is 7.22.